The first kappa shape index (κ1) is 13.7. The first-order chi connectivity index (χ1) is 9.46. The maximum absolute atomic E-state index is 12.3. The minimum Gasteiger partial charge on any atom is -0.437 e. The molecule has 2 aliphatic rings. The van der Waals surface area contributed by atoms with E-state index in [1.807, 2.05) is 0 Å². The highest BCUT2D eigenvalue weighted by atomic mass is 35.5. The second-order valence-corrected chi connectivity index (χ2v) is 6.19. The van der Waals surface area contributed by atoms with Gasteiger partial charge in [0.2, 0.25) is 0 Å². The molecule has 1 aromatic rings. The van der Waals surface area contributed by atoms with Gasteiger partial charge in [-0.1, -0.05) is 18.0 Å². The standard InChI is InChI=1S/C15H18ClNO3/c1-14(19)15(9-3-2-4-10-15)20-13(18)17(14)12-7-5-11(16)6-8-12/h5-8,19H,2-4,9-10H2,1H3. The molecular formula is C15H18ClNO3. The zero-order chi connectivity index (χ0) is 14.4. The number of carbonyl (C=O) groups excluding carboxylic acids is 1. The maximum atomic E-state index is 12.3. The second kappa shape index (κ2) is 4.64. The molecule has 1 heterocycles. The Morgan fingerprint density at radius 2 is 1.80 bits per heavy atom. The molecule has 0 aromatic heterocycles. The van der Waals surface area contributed by atoms with Gasteiger partial charge in [0.15, 0.2) is 11.3 Å². The number of benzene rings is 1. The van der Waals surface area contributed by atoms with Crippen molar-refractivity contribution < 1.29 is 14.6 Å². The van der Waals surface area contributed by atoms with Crippen molar-refractivity contribution in [3.8, 4) is 0 Å². The summed E-state index contributed by atoms with van der Waals surface area (Å²) in [5.74, 6) is 0. The summed E-state index contributed by atoms with van der Waals surface area (Å²) in [6.45, 7) is 1.66. The smallest absolute Gasteiger partial charge is 0.417 e. The van der Waals surface area contributed by atoms with E-state index in [1.165, 1.54) is 4.90 Å². The number of rotatable bonds is 1. The average molecular weight is 296 g/mol. The topological polar surface area (TPSA) is 49.8 Å². The number of ether oxygens (including phenoxy) is 1. The van der Waals surface area contributed by atoms with Crippen LogP contribution in [0.5, 0.6) is 0 Å². The Hall–Kier alpha value is -1.26. The highest BCUT2D eigenvalue weighted by Gasteiger charge is 2.62. The SMILES string of the molecule is CC1(O)N(c2ccc(Cl)cc2)C(=O)OC12CCCCC2. The fourth-order valence-corrected chi connectivity index (χ4v) is 3.46. The molecular weight excluding hydrogens is 278 g/mol. The summed E-state index contributed by atoms with van der Waals surface area (Å²) >= 11 is 5.87. The molecule has 1 amide bonds. The molecule has 4 nitrogen and oxygen atoms in total. The summed E-state index contributed by atoms with van der Waals surface area (Å²) in [4.78, 5) is 13.6. The van der Waals surface area contributed by atoms with Crippen LogP contribution in [-0.4, -0.2) is 22.5 Å². The predicted molar refractivity (Wildman–Crippen MR) is 76.9 cm³/mol. The van der Waals surface area contributed by atoms with Gasteiger partial charge in [-0.2, -0.15) is 0 Å². The normalized spacial score (nSPS) is 28.8. The van der Waals surface area contributed by atoms with Crippen LogP contribution >= 0.6 is 11.6 Å². The molecule has 2 fully saturated rings. The van der Waals surface area contributed by atoms with Crippen LogP contribution in [-0.2, 0) is 4.74 Å². The van der Waals surface area contributed by atoms with Crippen LogP contribution in [0.25, 0.3) is 0 Å². The molecule has 1 spiro atoms. The summed E-state index contributed by atoms with van der Waals surface area (Å²) in [5, 5.41) is 11.6. The molecule has 1 saturated heterocycles. The molecule has 1 aliphatic carbocycles. The van der Waals surface area contributed by atoms with Gasteiger partial charge in [0.1, 0.15) is 0 Å². The Bertz CT molecular complexity index is 520. The van der Waals surface area contributed by atoms with Crippen molar-refractivity contribution in [1.29, 1.82) is 0 Å². The van der Waals surface area contributed by atoms with Crippen LogP contribution < -0.4 is 4.90 Å². The summed E-state index contributed by atoms with van der Waals surface area (Å²) in [7, 11) is 0. The van der Waals surface area contributed by atoms with E-state index in [1.54, 1.807) is 31.2 Å². The molecule has 3 rings (SSSR count). The Morgan fingerprint density at radius 3 is 2.40 bits per heavy atom. The van der Waals surface area contributed by atoms with Crippen molar-refractivity contribution in [3.05, 3.63) is 29.3 Å². The summed E-state index contributed by atoms with van der Waals surface area (Å²) < 4.78 is 5.61. The van der Waals surface area contributed by atoms with Gasteiger partial charge in [0.05, 0.1) is 5.69 Å². The van der Waals surface area contributed by atoms with Gasteiger partial charge in [-0.25, -0.2) is 9.69 Å². The van der Waals surface area contributed by atoms with Crippen LogP contribution in [0.4, 0.5) is 10.5 Å². The number of aliphatic hydroxyl groups is 1. The van der Waals surface area contributed by atoms with E-state index in [2.05, 4.69) is 0 Å². The average Bonchev–Trinajstić information content (AvgIpc) is 2.59. The first-order valence-electron chi connectivity index (χ1n) is 6.97. The monoisotopic (exact) mass is 295 g/mol. The van der Waals surface area contributed by atoms with E-state index in [9.17, 15) is 9.90 Å². The number of carbonyl (C=O) groups is 1. The molecule has 5 heteroatoms. The molecule has 1 aromatic carbocycles. The number of anilines is 1. The van der Waals surface area contributed by atoms with E-state index >= 15 is 0 Å². The number of halogens is 1. The Balaban J connectivity index is 1.99. The minimum atomic E-state index is -1.33. The van der Waals surface area contributed by atoms with Gasteiger partial charge < -0.3 is 9.84 Å². The van der Waals surface area contributed by atoms with Gasteiger partial charge in [-0.05, 0) is 56.9 Å². The van der Waals surface area contributed by atoms with Gasteiger partial charge in [-0.15, -0.1) is 0 Å². The molecule has 1 N–H and O–H groups in total. The largest absolute Gasteiger partial charge is 0.437 e. The Morgan fingerprint density at radius 1 is 1.20 bits per heavy atom. The van der Waals surface area contributed by atoms with E-state index < -0.39 is 17.4 Å². The van der Waals surface area contributed by atoms with Crippen LogP contribution in [0.2, 0.25) is 5.02 Å². The van der Waals surface area contributed by atoms with Gasteiger partial charge in [-0.3, -0.25) is 0 Å². The third-order valence-corrected chi connectivity index (χ3v) is 4.76. The third kappa shape index (κ3) is 1.90. The molecule has 1 unspecified atom stereocenters. The lowest BCUT2D eigenvalue weighted by atomic mass is 9.77. The van der Waals surface area contributed by atoms with Crippen molar-refractivity contribution >= 4 is 23.4 Å². The summed E-state index contributed by atoms with van der Waals surface area (Å²) in [6, 6.07) is 6.85. The number of hydrogen-bond donors (Lipinski definition) is 1. The molecule has 1 aliphatic heterocycles. The number of amides is 1. The number of hydrogen-bond acceptors (Lipinski definition) is 3. The molecule has 0 radical (unpaired) electrons. The van der Waals surface area contributed by atoms with Crippen molar-refractivity contribution in [2.24, 2.45) is 0 Å². The van der Waals surface area contributed by atoms with Crippen LogP contribution in [0.3, 0.4) is 0 Å². The Kier molecular flexibility index (Phi) is 3.18. The zero-order valence-corrected chi connectivity index (χ0v) is 12.2. The summed E-state index contributed by atoms with van der Waals surface area (Å²) in [5.41, 5.74) is -1.52. The lowest BCUT2D eigenvalue weighted by Crippen LogP contribution is -2.57. The fourth-order valence-electron chi connectivity index (χ4n) is 3.34. The van der Waals surface area contributed by atoms with Crippen molar-refractivity contribution in [1.82, 2.24) is 0 Å². The quantitative estimate of drug-likeness (QED) is 0.859. The van der Waals surface area contributed by atoms with Crippen LogP contribution in [0, 0.1) is 0 Å². The molecule has 108 valence electrons. The second-order valence-electron chi connectivity index (χ2n) is 5.76. The zero-order valence-electron chi connectivity index (χ0n) is 11.4. The highest BCUT2D eigenvalue weighted by Crippen LogP contribution is 2.48. The predicted octanol–water partition coefficient (Wildman–Crippen LogP) is 3.71. The number of nitrogens with zero attached hydrogens (tertiary/aromatic N) is 1. The van der Waals surface area contributed by atoms with Gasteiger partial charge in [0.25, 0.3) is 0 Å². The maximum Gasteiger partial charge on any atom is 0.417 e. The molecule has 1 atom stereocenters. The van der Waals surface area contributed by atoms with E-state index in [0.29, 0.717) is 23.6 Å². The van der Waals surface area contributed by atoms with E-state index in [0.717, 1.165) is 19.3 Å². The first-order valence-corrected chi connectivity index (χ1v) is 7.35. The molecule has 20 heavy (non-hydrogen) atoms. The van der Waals surface area contributed by atoms with Crippen molar-refractivity contribution in [2.75, 3.05) is 4.90 Å². The third-order valence-electron chi connectivity index (χ3n) is 4.51. The lowest BCUT2D eigenvalue weighted by Gasteiger charge is -2.42. The fraction of sp³-hybridized carbons (Fsp3) is 0.533. The van der Waals surface area contributed by atoms with Gasteiger partial charge >= 0.3 is 6.09 Å². The highest BCUT2D eigenvalue weighted by molar-refractivity contribution is 6.30. The molecule has 1 saturated carbocycles. The van der Waals surface area contributed by atoms with E-state index in [-0.39, 0.29) is 0 Å². The van der Waals surface area contributed by atoms with Gasteiger partial charge in [0, 0.05) is 5.02 Å². The van der Waals surface area contributed by atoms with E-state index in [4.69, 9.17) is 16.3 Å². The van der Waals surface area contributed by atoms with Crippen LogP contribution in [0.15, 0.2) is 24.3 Å². The minimum absolute atomic E-state index is 0.487. The molecule has 0 bridgehead atoms. The Labute approximate surface area is 123 Å². The van der Waals surface area contributed by atoms with Crippen molar-refractivity contribution in [2.45, 2.75) is 50.4 Å². The lowest BCUT2D eigenvalue weighted by molar-refractivity contribution is -0.115. The summed E-state index contributed by atoms with van der Waals surface area (Å²) in [6.07, 6.45) is 3.98. The van der Waals surface area contributed by atoms with Crippen LogP contribution in [0.1, 0.15) is 39.0 Å². The van der Waals surface area contributed by atoms with Crippen molar-refractivity contribution in [3.63, 3.8) is 0 Å².